The minimum Gasteiger partial charge on any atom is -0.377 e. The first kappa shape index (κ1) is 11.4. The van der Waals surface area contributed by atoms with Gasteiger partial charge in [0.25, 0.3) is 0 Å². The normalized spacial score (nSPS) is 37.4. The van der Waals surface area contributed by atoms with Gasteiger partial charge in [-0.2, -0.15) is 0 Å². The van der Waals surface area contributed by atoms with E-state index in [-0.39, 0.29) is 0 Å². The lowest BCUT2D eigenvalue weighted by molar-refractivity contribution is 0.0615. The maximum Gasteiger partial charge on any atom is 0.0702 e. The number of ether oxygens (including phenoxy) is 1. The first-order valence-corrected chi connectivity index (χ1v) is 6.31. The molecule has 0 amide bonds. The third-order valence-electron chi connectivity index (χ3n) is 3.77. The fraction of sp³-hybridized carbons (Fsp3) is 1.00. The van der Waals surface area contributed by atoms with Gasteiger partial charge in [-0.3, -0.25) is 4.90 Å². The number of nitrogens with zero attached hydrogens (tertiary/aromatic N) is 1. The van der Waals surface area contributed by atoms with Crippen molar-refractivity contribution in [2.24, 2.45) is 0 Å². The first-order valence-electron chi connectivity index (χ1n) is 6.31. The molecule has 0 radical (unpaired) electrons. The van der Waals surface area contributed by atoms with Gasteiger partial charge in [-0.15, -0.1) is 0 Å². The quantitative estimate of drug-likeness (QED) is 0.762. The van der Waals surface area contributed by atoms with E-state index < -0.39 is 0 Å². The predicted octanol–water partition coefficient (Wildman–Crippen LogP) is 1.24. The largest absolute Gasteiger partial charge is 0.377 e. The molecule has 0 bridgehead atoms. The van der Waals surface area contributed by atoms with Crippen LogP contribution in [0.2, 0.25) is 0 Å². The van der Waals surface area contributed by atoms with E-state index in [1.54, 1.807) is 0 Å². The van der Waals surface area contributed by atoms with Crippen molar-refractivity contribution in [1.29, 1.82) is 0 Å². The molecule has 15 heavy (non-hydrogen) atoms. The SMILES string of the molecule is CC1CCC(N(C)CC2CCCO2)CN1. The van der Waals surface area contributed by atoms with Gasteiger partial charge in [-0.1, -0.05) is 0 Å². The van der Waals surface area contributed by atoms with Crippen molar-refractivity contribution in [3.05, 3.63) is 0 Å². The summed E-state index contributed by atoms with van der Waals surface area (Å²) in [5.74, 6) is 0. The van der Waals surface area contributed by atoms with E-state index in [0.29, 0.717) is 18.2 Å². The molecule has 88 valence electrons. The van der Waals surface area contributed by atoms with Crippen molar-refractivity contribution in [2.45, 2.75) is 50.8 Å². The Bertz CT molecular complexity index is 184. The molecular formula is C12H24N2O. The summed E-state index contributed by atoms with van der Waals surface area (Å²) in [6.45, 7) is 5.50. The lowest BCUT2D eigenvalue weighted by Crippen LogP contribution is -2.49. The Labute approximate surface area is 93.2 Å². The molecule has 3 nitrogen and oxygen atoms in total. The fourth-order valence-corrected chi connectivity index (χ4v) is 2.62. The standard InChI is InChI=1S/C12H24N2O/c1-10-5-6-11(8-13-10)14(2)9-12-4-3-7-15-12/h10-13H,3-9H2,1-2H3. The molecule has 2 fully saturated rings. The van der Waals surface area contributed by atoms with Gasteiger partial charge in [-0.05, 0) is 39.7 Å². The molecule has 3 unspecified atom stereocenters. The zero-order valence-corrected chi connectivity index (χ0v) is 10.0. The topological polar surface area (TPSA) is 24.5 Å². The van der Waals surface area contributed by atoms with Crippen molar-refractivity contribution >= 4 is 0 Å². The highest BCUT2D eigenvalue weighted by molar-refractivity contribution is 4.82. The summed E-state index contributed by atoms with van der Waals surface area (Å²) in [6, 6.07) is 1.42. The molecule has 0 spiro atoms. The van der Waals surface area contributed by atoms with E-state index in [4.69, 9.17) is 4.74 Å². The van der Waals surface area contributed by atoms with E-state index in [1.165, 1.54) is 25.7 Å². The third-order valence-corrected chi connectivity index (χ3v) is 3.77. The van der Waals surface area contributed by atoms with Crippen LogP contribution >= 0.6 is 0 Å². The molecule has 3 atom stereocenters. The van der Waals surface area contributed by atoms with Gasteiger partial charge < -0.3 is 10.1 Å². The maximum atomic E-state index is 5.67. The minimum atomic E-state index is 0.495. The molecular weight excluding hydrogens is 188 g/mol. The third kappa shape index (κ3) is 3.16. The van der Waals surface area contributed by atoms with Crippen LogP contribution in [0.4, 0.5) is 0 Å². The lowest BCUT2D eigenvalue weighted by Gasteiger charge is -2.35. The first-order chi connectivity index (χ1) is 7.25. The highest BCUT2D eigenvalue weighted by Gasteiger charge is 2.24. The lowest BCUT2D eigenvalue weighted by atomic mass is 10.0. The van der Waals surface area contributed by atoms with Crippen molar-refractivity contribution in [1.82, 2.24) is 10.2 Å². The van der Waals surface area contributed by atoms with E-state index in [9.17, 15) is 0 Å². The molecule has 0 aromatic heterocycles. The van der Waals surface area contributed by atoms with Crippen molar-refractivity contribution < 1.29 is 4.74 Å². The molecule has 0 aromatic rings. The molecule has 2 aliphatic rings. The van der Waals surface area contributed by atoms with Crippen LogP contribution in [0.3, 0.4) is 0 Å². The maximum absolute atomic E-state index is 5.67. The van der Waals surface area contributed by atoms with E-state index in [1.807, 2.05) is 0 Å². The molecule has 2 heterocycles. The number of likely N-dealkylation sites (N-methyl/N-ethyl adjacent to an activating group) is 1. The predicted molar refractivity (Wildman–Crippen MR) is 62.1 cm³/mol. The highest BCUT2D eigenvalue weighted by Crippen LogP contribution is 2.17. The Kier molecular flexibility index (Phi) is 4.00. The van der Waals surface area contributed by atoms with Crippen LogP contribution in [0.5, 0.6) is 0 Å². The average molecular weight is 212 g/mol. The van der Waals surface area contributed by atoms with Crippen LogP contribution in [0, 0.1) is 0 Å². The summed E-state index contributed by atoms with van der Waals surface area (Å²) in [5, 5.41) is 3.56. The zero-order chi connectivity index (χ0) is 10.7. The van der Waals surface area contributed by atoms with Gasteiger partial charge in [-0.25, -0.2) is 0 Å². The van der Waals surface area contributed by atoms with E-state index >= 15 is 0 Å². The highest BCUT2D eigenvalue weighted by atomic mass is 16.5. The Morgan fingerprint density at radius 2 is 2.20 bits per heavy atom. The molecule has 1 N–H and O–H groups in total. The molecule has 0 saturated carbocycles. The van der Waals surface area contributed by atoms with Crippen molar-refractivity contribution in [2.75, 3.05) is 26.7 Å². The molecule has 2 rings (SSSR count). The van der Waals surface area contributed by atoms with Gasteiger partial charge >= 0.3 is 0 Å². The van der Waals surface area contributed by atoms with E-state index in [0.717, 1.165) is 19.7 Å². The summed E-state index contributed by atoms with van der Waals surface area (Å²) in [6.07, 6.45) is 5.63. The minimum absolute atomic E-state index is 0.495. The van der Waals surface area contributed by atoms with Crippen molar-refractivity contribution in [3.8, 4) is 0 Å². The van der Waals surface area contributed by atoms with Gasteiger partial charge in [0.2, 0.25) is 0 Å². The zero-order valence-electron chi connectivity index (χ0n) is 10.0. The summed E-state index contributed by atoms with van der Waals surface area (Å²) in [5.41, 5.74) is 0. The number of nitrogens with one attached hydrogen (secondary N) is 1. The van der Waals surface area contributed by atoms with Gasteiger partial charge in [0.05, 0.1) is 6.10 Å². The molecule has 2 aliphatic heterocycles. The molecule has 0 aliphatic carbocycles. The number of rotatable bonds is 3. The monoisotopic (exact) mass is 212 g/mol. The van der Waals surface area contributed by atoms with Crippen molar-refractivity contribution in [3.63, 3.8) is 0 Å². The molecule has 0 aromatic carbocycles. The second kappa shape index (κ2) is 5.28. The second-order valence-electron chi connectivity index (χ2n) is 5.12. The van der Waals surface area contributed by atoms with Crippen LogP contribution in [-0.4, -0.2) is 49.8 Å². The average Bonchev–Trinajstić information content (AvgIpc) is 2.71. The number of hydrogen-bond acceptors (Lipinski definition) is 3. The number of hydrogen-bond donors (Lipinski definition) is 1. The molecule has 2 saturated heterocycles. The van der Waals surface area contributed by atoms with Crippen LogP contribution in [0.1, 0.15) is 32.6 Å². The van der Waals surface area contributed by atoms with Gasteiger partial charge in [0, 0.05) is 31.8 Å². The van der Waals surface area contributed by atoms with E-state index in [2.05, 4.69) is 24.2 Å². The number of piperidine rings is 1. The Morgan fingerprint density at radius 1 is 1.33 bits per heavy atom. The smallest absolute Gasteiger partial charge is 0.0702 e. The van der Waals surface area contributed by atoms with Crippen LogP contribution in [-0.2, 0) is 4.74 Å². The Hall–Kier alpha value is -0.120. The van der Waals surface area contributed by atoms with Gasteiger partial charge in [0.15, 0.2) is 0 Å². The van der Waals surface area contributed by atoms with Gasteiger partial charge in [0.1, 0.15) is 0 Å². The van der Waals surface area contributed by atoms with Crippen LogP contribution in [0.15, 0.2) is 0 Å². The molecule has 3 heteroatoms. The summed E-state index contributed by atoms with van der Waals surface area (Å²) in [4.78, 5) is 2.48. The summed E-state index contributed by atoms with van der Waals surface area (Å²) < 4.78 is 5.67. The van der Waals surface area contributed by atoms with Crippen LogP contribution < -0.4 is 5.32 Å². The second-order valence-corrected chi connectivity index (χ2v) is 5.12. The van der Waals surface area contributed by atoms with Crippen LogP contribution in [0.25, 0.3) is 0 Å². The Morgan fingerprint density at radius 3 is 2.80 bits per heavy atom. The summed E-state index contributed by atoms with van der Waals surface area (Å²) in [7, 11) is 2.24. The fourth-order valence-electron chi connectivity index (χ4n) is 2.62. The summed E-state index contributed by atoms with van der Waals surface area (Å²) >= 11 is 0. The Balaban J connectivity index is 1.72.